The predicted molar refractivity (Wildman–Crippen MR) is 78.3 cm³/mol. The summed E-state index contributed by atoms with van der Waals surface area (Å²) in [7, 11) is 2.18. The highest BCUT2D eigenvalue weighted by molar-refractivity contribution is 6.31. The molecule has 0 spiro atoms. The molecule has 1 saturated heterocycles. The van der Waals surface area contributed by atoms with Crippen molar-refractivity contribution in [3.63, 3.8) is 0 Å². The van der Waals surface area contributed by atoms with Gasteiger partial charge >= 0.3 is 0 Å². The number of nitrogens with zero attached hydrogens (tertiary/aromatic N) is 2. The molecule has 18 heavy (non-hydrogen) atoms. The van der Waals surface area contributed by atoms with Gasteiger partial charge in [-0.25, -0.2) is 0 Å². The zero-order chi connectivity index (χ0) is 13.3. The molecular formula is C14H22ClN3. The van der Waals surface area contributed by atoms with Crippen LogP contribution in [0.2, 0.25) is 5.02 Å². The summed E-state index contributed by atoms with van der Waals surface area (Å²) in [5.74, 6) is 0. The fourth-order valence-electron chi connectivity index (χ4n) is 2.36. The summed E-state index contributed by atoms with van der Waals surface area (Å²) >= 11 is 6.23. The van der Waals surface area contributed by atoms with Gasteiger partial charge in [0.2, 0.25) is 0 Å². The number of likely N-dealkylation sites (N-methyl/N-ethyl adjacent to an activating group) is 1. The van der Waals surface area contributed by atoms with Crippen molar-refractivity contribution in [2.24, 2.45) is 5.73 Å². The molecule has 0 aromatic heterocycles. The lowest BCUT2D eigenvalue weighted by Crippen LogP contribution is -2.57. The van der Waals surface area contributed by atoms with E-state index in [1.807, 2.05) is 12.1 Å². The molecule has 1 aliphatic rings. The predicted octanol–water partition coefficient (Wildman–Crippen LogP) is 2.33. The third kappa shape index (κ3) is 2.63. The fraction of sp³-hybridized carbons (Fsp3) is 0.571. The van der Waals surface area contributed by atoms with E-state index in [0.717, 1.165) is 30.2 Å². The van der Waals surface area contributed by atoms with E-state index >= 15 is 0 Å². The monoisotopic (exact) mass is 267 g/mol. The Morgan fingerprint density at radius 3 is 2.61 bits per heavy atom. The first kappa shape index (κ1) is 13.7. The van der Waals surface area contributed by atoms with Crippen LogP contribution in [0.1, 0.15) is 19.4 Å². The summed E-state index contributed by atoms with van der Waals surface area (Å²) in [4.78, 5) is 4.80. The Balaban J connectivity index is 2.20. The van der Waals surface area contributed by atoms with Gasteiger partial charge in [-0.05, 0) is 38.6 Å². The Morgan fingerprint density at radius 1 is 1.33 bits per heavy atom. The van der Waals surface area contributed by atoms with Crippen molar-refractivity contribution >= 4 is 17.3 Å². The lowest BCUT2D eigenvalue weighted by Gasteiger charge is -2.46. The average Bonchev–Trinajstić information content (AvgIpc) is 2.32. The molecule has 1 aromatic rings. The van der Waals surface area contributed by atoms with Crippen LogP contribution in [0.4, 0.5) is 5.69 Å². The van der Waals surface area contributed by atoms with Crippen LogP contribution < -0.4 is 10.6 Å². The Morgan fingerprint density at radius 2 is 2.06 bits per heavy atom. The summed E-state index contributed by atoms with van der Waals surface area (Å²) in [5, 5.41) is 0.770. The van der Waals surface area contributed by atoms with Gasteiger partial charge in [-0.1, -0.05) is 17.7 Å². The normalized spacial score (nSPS) is 20.2. The van der Waals surface area contributed by atoms with Crippen molar-refractivity contribution in [2.45, 2.75) is 25.9 Å². The van der Waals surface area contributed by atoms with Crippen LogP contribution in [0.15, 0.2) is 18.2 Å². The molecule has 4 heteroatoms. The number of hydrogen-bond donors (Lipinski definition) is 1. The molecule has 0 amide bonds. The Labute approximate surface area is 115 Å². The van der Waals surface area contributed by atoms with Gasteiger partial charge in [0.25, 0.3) is 0 Å². The molecule has 3 nitrogen and oxygen atoms in total. The Bertz CT molecular complexity index is 431. The van der Waals surface area contributed by atoms with Crippen LogP contribution in [0, 0.1) is 0 Å². The van der Waals surface area contributed by atoms with Crippen LogP contribution in [0.5, 0.6) is 0 Å². The second-order valence-electron chi connectivity index (χ2n) is 5.64. The van der Waals surface area contributed by atoms with Crippen molar-refractivity contribution in [1.82, 2.24) is 4.90 Å². The standard InChI is InChI=1S/C14H22ClN3/c1-14(2)10-18(7-6-17(14)3)12-5-4-11(9-16)13(15)8-12/h4-5,8H,6-7,9-10,16H2,1-3H3. The molecule has 2 N–H and O–H groups in total. The lowest BCUT2D eigenvalue weighted by molar-refractivity contribution is 0.139. The average molecular weight is 268 g/mol. The van der Waals surface area contributed by atoms with Crippen molar-refractivity contribution in [2.75, 3.05) is 31.6 Å². The molecule has 2 rings (SSSR count). The van der Waals surface area contributed by atoms with E-state index in [2.05, 4.69) is 36.8 Å². The van der Waals surface area contributed by atoms with Crippen LogP contribution >= 0.6 is 11.6 Å². The lowest BCUT2D eigenvalue weighted by atomic mass is 9.99. The first-order valence-corrected chi connectivity index (χ1v) is 6.76. The van der Waals surface area contributed by atoms with E-state index in [0.29, 0.717) is 6.54 Å². The minimum Gasteiger partial charge on any atom is -0.368 e. The molecule has 1 heterocycles. The van der Waals surface area contributed by atoms with Crippen molar-refractivity contribution in [3.05, 3.63) is 28.8 Å². The number of benzene rings is 1. The summed E-state index contributed by atoms with van der Waals surface area (Å²) in [5.41, 5.74) is 8.03. The van der Waals surface area contributed by atoms with Crippen LogP contribution in [0.3, 0.4) is 0 Å². The third-order valence-corrected chi connectivity index (χ3v) is 4.29. The van der Waals surface area contributed by atoms with Gasteiger partial charge in [0.15, 0.2) is 0 Å². The zero-order valence-electron chi connectivity index (χ0n) is 11.4. The quantitative estimate of drug-likeness (QED) is 0.893. The van der Waals surface area contributed by atoms with E-state index in [4.69, 9.17) is 17.3 Å². The van der Waals surface area contributed by atoms with Crippen molar-refractivity contribution in [3.8, 4) is 0 Å². The molecule has 0 aliphatic carbocycles. The molecule has 1 fully saturated rings. The van der Waals surface area contributed by atoms with Crippen molar-refractivity contribution < 1.29 is 0 Å². The molecular weight excluding hydrogens is 246 g/mol. The second-order valence-corrected chi connectivity index (χ2v) is 6.04. The topological polar surface area (TPSA) is 32.5 Å². The smallest absolute Gasteiger partial charge is 0.0471 e. The minimum absolute atomic E-state index is 0.192. The van der Waals surface area contributed by atoms with Crippen LogP contribution in [-0.2, 0) is 6.54 Å². The maximum atomic E-state index is 6.23. The molecule has 0 bridgehead atoms. The molecule has 100 valence electrons. The second kappa shape index (κ2) is 5.08. The first-order valence-electron chi connectivity index (χ1n) is 6.39. The molecule has 0 atom stereocenters. The van der Waals surface area contributed by atoms with Gasteiger partial charge in [-0.3, -0.25) is 4.90 Å². The summed E-state index contributed by atoms with van der Waals surface area (Å²) in [6, 6.07) is 6.18. The largest absolute Gasteiger partial charge is 0.368 e. The number of rotatable bonds is 2. The van der Waals surface area contributed by atoms with E-state index in [1.54, 1.807) is 0 Å². The number of piperazine rings is 1. The van der Waals surface area contributed by atoms with Gasteiger partial charge in [0.1, 0.15) is 0 Å². The zero-order valence-corrected chi connectivity index (χ0v) is 12.2. The van der Waals surface area contributed by atoms with E-state index < -0.39 is 0 Å². The maximum absolute atomic E-state index is 6.23. The van der Waals surface area contributed by atoms with Crippen molar-refractivity contribution in [1.29, 1.82) is 0 Å². The van der Waals surface area contributed by atoms with Gasteiger partial charge in [-0.2, -0.15) is 0 Å². The summed E-state index contributed by atoms with van der Waals surface area (Å²) < 4.78 is 0. The fourth-order valence-corrected chi connectivity index (χ4v) is 2.61. The van der Waals surface area contributed by atoms with Gasteiger partial charge in [-0.15, -0.1) is 0 Å². The van der Waals surface area contributed by atoms with E-state index in [-0.39, 0.29) is 5.54 Å². The van der Waals surface area contributed by atoms with Gasteiger partial charge in [0.05, 0.1) is 0 Å². The SMILES string of the molecule is CN1CCN(c2ccc(CN)c(Cl)c2)CC1(C)C. The highest BCUT2D eigenvalue weighted by Crippen LogP contribution is 2.28. The van der Waals surface area contributed by atoms with Crippen LogP contribution in [0.25, 0.3) is 0 Å². The summed E-state index contributed by atoms with van der Waals surface area (Å²) in [6.45, 7) is 8.17. The minimum atomic E-state index is 0.192. The van der Waals surface area contributed by atoms with Crippen LogP contribution in [-0.4, -0.2) is 37.1 Å². The molecule has 1 aliphatic heterocycles. The number of halogens is 1. The first-order chi connectivity index (χ1) is 8.44. The Hall–Kier alpha value is -0.770. The molecule has 1 aromatic carbocycles. The third-order valence-electron chi connectivity index (χ3n) is 3.94. The highest BCUT2D eigenvalue weighted by atomic mass is 35.5. The molecule has 0 radical (unpaired) electrons. The molecule has 0 unspecified atom stereocenters. The van der Waals surface area contributed by atoms with E-state index in [1.165, 1.54) is 5.69 Å². The number of anilines is 1. The number of nitrogens with two attached hydrogens (primary N) is 1. The van der Waals surface area contributed by atoms with E-state index in [9.17, 15) is 0 Å². The number of hydrogen-bond acceptors (Lipinski definition) is 3. The molecule has 0 saturated carbocycles. The maximum Gasteiger partial charge on any atom is 0.0471 e. The van der Waals surface area contributed by atoms with Gasteiger partial charge < -0.3 is 10.6 Å². The highest BCUT2D eigenvalue weighted by Gasteiger charge is 2.31. The van der Waals surface area contributed by atoms with Gasteiger partial charge in [0, 0.05) is 42.4 Å². The summed E-state index contributed by atoms with van der Waals surface area (Å²) in [6.07, 6.45) is 0. The Kier molecular flexibility index (Phi) is 3.85.